The van der Waals surface area contributed by atoms with Crippen LogP contribution in [0.3, 0.4) is 0 Å². The molecule has 0 atom stereocenters. The van der Waals surface area contributed by atoms with Crippen molar-refractivity contribution in [2.45, 2.75) is 0 Å². The van der Waals surface area contributed by atoms with Gasteiger partial charge in [-0.1, -0.05) is 6.07 Å². The summed E-state index contributed by atoms with van der Waals surface area (Å²) in [7, 11) is 0. The number of hydrogen-bond donors (Lipinski definition) is 2. The van der Waals surface area contributed by atoms with Gasteiger partial charge in [-0.2, -0.15) is 0 Å². The fourth-order valence-electron chi connectivity index (χ4n) is 2.51. The number of rotatable bonds is 1. The highest BCUT2D eigenvalue weighted by Gasteiger charge is 2.08. The highest BCUT2D eigenvalue weighted by Crippen LogP contribution is 2.26. The normalized spacial score (nSPS) is 11.1. The molecule has 4 rings (SSSR count). The molecule has 0 saturated carbocycles. The summed E-state index contributed by atoms with van der Waals surface area (Å²) in [6, 6.07) is 15.3. The van der Waals surface area contributed by atoms with E-state index < -0.39 is 0 Å². The molecule has 0 amide bonds. The first-order chi connectivity index (χ1) is 10.7. The van der Waals surface area contributed by atoms with E-state index in [0.717, 1.165) is 27.4 Å². The van der Waals surface area contributed by atoms with E-state index in [1.54, 1.807) is 12.3 Å². The number of anilines is 2. The summed E-state index contributed by atoms with van der Waals surface area (Å²) in [5, 5.41) is 1.81. The maximum atomic E-state index is 6.06. The molecule has 5 heteroatoms. The molecule has 0 saturated heterocycles. The Morgan fingerprint density at radius 1 is 0.818 bits per heavy atom. The molecule has 0 aliphatic heterocycles. The Morgan fingerprint density at radius 3 is 2.59 bits per heavy atom. The molecule has 0 radical (unpaired) electrons. The highest BCUT2D eigenvalue weighted by molar-refractivity contribution is 5.92. The second-order valence-corrected chi connectivity index (χ2v) is 5.12. The van der Waals surface area contributed by atoms with Gasteiger partial charge in [-0.25, -0.2) is 9.97 Å². The standard InChI is InChI=1S/C17H13N5/c18-12-4-6-15-13(9-12)16(19)22-17(21-15)11-3-5-14-10(8-11)2-1-7-20-14/h1-9H,18H2,(H2,19,21,22). The van der Waals surface area contributed by atoms with E-state index in [1.165, 1.54) is 0 Å². The largest absolute Gasteiger partial charge is 0.399 e. The van der Waals surface area contributed by atoms with Crippen LogP contribution in [0, 0.1) is 0 Å². The van der Waals surface area contributed by atoms with E-state index in [-0.39, 0.29) is 0 Å². The van der Waals surface area contributed by atoms with Crippen molar-refractivity contribution < 1.29 is 0 Å². The third-order valence-corrected chi connectivity index (χ3v) is 3.61. The molecule has 106 valence electrons. The minimum atomic E-state index is 0.429. The molecule has 0 unspecified atom stereocenters. The molecule has 5 nitrogen and oxygen atoms in total. The number of fused-ring (bicyclic) bond motifs is 2. The third kappa shape index (κ3) is 2.00. The van der Waals surface area contributed by atoms with E-state index in [1.807, 2.05) is 42.5 Å². The van der Waals surface area contributed by atoms with Crippen LogP contribution in [-0.2, 0) is 0 Å². The lowest BCUT2D eigenvalue weighted by molar-refractivity contribution is 1.23. The number of nitrogens with two attached hydrogens (primary N) is 2. The van der Waals surface area contributed by atoms with Crippen molar-refractivity contribution in [3.05, 3.63) is 54.7 Å². The second kappa shape index (κ2) is 4.66. The molecule has 2 aromatic heterocycles. The van der Waals surface area contributed by atoms with Gasteiger partial charge >= 0.3 is 0 Å². The topological polar surface area (TPSA) is 90.7 Å². The fourth-order valence-corrected chi connectivity index (χ4v) is 2.51. The first-order valence-corrected chi connectivity index (χ1v) is 6.88. The molecule has 0 aliphatic rings. The summed E-state index contributed by atoms with van der Waals surface area (Å²) in [5.74, 6) is 1.03. The Hall–Kier alpha value is -3.21. The average Bonchev–Trinajstić information content (AvgIpc) is 2.55. The second-order valence-electron chi connectivity index (χ2n) is 5.12. The molecule has 0 spiro atoms. The van der Waals surface area contributed by atoms with Crippen LogP contribution in [0.25, 0.3) is 33.2 Å². The van der Waals surface area contributed by atoms with E-state index >= 15 is 0 Å². The molecule has 22 heavy (non-hydrogen) atoms. The smallest absolute Gasteiger partial charge is 0.162 e. The maximum Gasteiger partial charge on any atom is 0.162 e. The van der Waals surface area contributed by atoms with E-state index in [4.69, 9.17) is 11.5 Å². The fraction of sp³-hybridized carbons (Fsp3) is 0. The molecule has 2 heterocycles. The zero-order valence-electron chi connectivity index (χ0n) is 11.7. The Bertz CT molecular complexity index is 1010. The van der Waals surface area contributed by atoms with Crippen LogP contribution in [0.15, 0.2) is 54.7 Å². The lowest BCUT2D eigenvalue weighted by atomic mass is 10.1. The summed E-state index contributed by atoms with van der Waals surface area (Å²) in [4.78, 5) is 13.3. The monoisotopic (exact) mass is 287 g/mol. The van der Waals surface area contributed by atoms with E-state index in [9.17, 15) is 0 Å². The summed E-state index contributed by atoms with van der Waals surface area (Å²) in [5.41, 5.74) is 15.1. The summed E-state index contributed by atoms with van der Waals surface area (Å²) in [6.45, 7) is 0. The first-order valence-electron chi connectivity index (χ1n) is 6.88. The number of benzene rings is 2. The van der Waals surface area contributed by atoms with Gasteiger partial charge in [0.2, 0.25) is 0 Å². The number of nitrogens with zero attached hydrogens (tertiary/aromatic N) is 3. The zero-order valence-corrected chi connectivity index (χ0v) is 11.7. The molecular formula is C17H13N5. The van der Waals surface area contributed by atoms with E-state index in [0.29, 0.717) is 17.3 Å². The van der Waals surface area contributed by atoms with Crippen molar-refractivity contribution >= 4 is 33.3 Å². The zero-order chi connectivity index (χ0) is 15.1. The van der Waals surface area contributed by atoms with Gasteiger partial charge in [0.05, 0.1) is 11.0 Å². The SMILES string of the molecule is Nc1ccc2nc(-c3ccc4ncccc4c3)nc(N)c2c1. The van der Waals surface area contributed by atoms with Crippen LogP contribution < -0.4 is 11.5 Å². The van der Waals surface area contributed by atoms with Crippen LogP contribution in [0.5, 0.6) is 0 Å². The number of pyridine rings is 1. The van der Waals surface area contributed by atoms with Crippen LogP contribution in [0.2, 0.25) is 0 Å². The first kappa shape index (κ1) is 12.5. The molecule has 0 bridgehead atoms. The van der Waals surface area contributed by atoms with Gasteiger partial charge in [-0.3, -0.25) is 4.98 Å². The minimum Gasteiger partial charge on any atom is -0.399 e. The van der Waals surface area contributed by atoms with Gasteiger partial charge < -0.3 is 11.5 Å². The molecule has 4 aromatic rings. The van der Waals surface area contributed by atoms with Gasteiger partial charge in [0, 0.05) is 28.2 Å². The molecule has 0 fully saturated rings. The average molecular weight is 287 g/mol. The predicted octanol–water partition coefficient (Wildman–Crippen LogP) is 3.01. The van der Waals surface area contributed by atoms with Crippen molar-refractivity contribution in [1.29, 1.82) is 0 Å². The highest BCUT2D eigenvalue weighted by atomic mass is 14.9. The Morgan fingerprint density at radius 2 is 1.68 bits per heavy atom. The maximum absolute atomic E-state index is 6.06. The quantitative estimate of drug-likeness (QED) is 0.525. The number of hydrogen-bond acceptors (Lipinski definition) is 5. The number of aromatic nitrogens is 3. The van der Waals surface area contributed by atoms with Crippen LogP contribution in [0.1, 0.15) is 0 Å². The minimum absolute atomic E-state index is 0.429. The van der Waals surface area contributed by atoms with Crippen LogP contribution >= 0.6 is 0 Å². The van der Waals surface area contributed by atoms with Gasteiger partial charge in [-0.05, 0) is 42.5 Å². The lowest BCUT2D eigenvalue weighted by Gasteiger charge is -2.07. The lowest BCUT2D eigenvalue weighted by Crippen LogP contribution is -1.98. The van der Waals surface area contributed by atoms with Crippen molar-refractivity contribution in [2.75, 3.05) is 11.5 Å². The molecular weight excluding hydrogens is 274 g/mol. The molecule has 4 N–H and O–H groups in total. The van der Waals surface area contributed by atoms with Crippen molar-refractivity contribution in [3.63, 3.8) is 0 Å². The third-order valence-electron chi connectivity index (χ3n) is 3.61. The van der Waals surface area contributed by atoms with Gasteiger partial charge in [0.25, 0.3) is 0 Å². The number of nitrogen functional groups attached to an aromatic ring is 2. The predicted molar refractivity (Wildman–Crippen MR) is 89.1 cm³/mol. The van der Waals surface area contributed by atoms with Gasteiger partial charge in [0.1, 0.15) is 5.82 Å². The molecule has 0 aliphatic carbocycles. The van der Waals surface area contributed by atoms with Crippen LogP contribution in [0.4, 0.5) is 11.5 Å². The summed E-state index contributed by atoms with van der Waals surface area (Å²) < 4.78 is 0. The van der Waals surface area contributed by atoms with Gasteiger partial charge in [0.15, 0.2) is 5.82 Å². The summed E-state index contributed by atoms with van der Waals surface area (Å²) in [6.07, 6.45) is 1.77. The van der Waals surface area contributed by atoms with Crippen molar-refractivity contribution in [1.82, 2.24) is 15.0 Å². The van der Waals surface area contributed by atoms with E-state index in [2.05, 4.69) is 15.0 Å². The Labute approximate surface area is 126 Å². The Kier molecular flexibility index (Phi) is 2.66. The Balaban J connectivity index is 1.93. The van der Waals surface area contributed by atoms with Crippen molar-refractivity contribution in [2.24, 2.45) is 0 Å². The van der Waals surface area contributed by atoms with Gasteiger partial charge in [-0.15, -0.1) is 0 Å². The molecule has 2 aromatic carbocycles. The van der Waals surface area contributed by atoms with Crippen LogP contribution in [-0.4, -0.2) is 15.0 Å². The van der Waals surface area contributed by atoms with Crippen molar-refractivity contribution in [3.8, 4) is 11.4 Å². The summed E-state index contributed by atoms with van der Waals surface area (Å²) >= 11 is 0.